The molecule has 2 heterocycles. The van der Waals surface area contributed by atoms with E-state index < -0.39 is 0 Å². The van der Waals surface area contributed by atoms with Gasteiger partial charge in [-0.3, -0.25) is 0 Å². The molecule has 1 N–H and O–H groups in total. The van der Waals surface area contributed by atoms with E-state index in [0.29, 0.717) is 0 Å². The van der Waals surface area contributed by atoms with E-state index in [1.807, 2.05) is 24.3 Å². The summed E-state index contributed by atoms with van der Waals surface area (Å²) in [5.74, 6) is 1.56. The van der Waals surface area contributed by atoms with Crippen molar-refractivity contribution in [1.82, 2.24) is 15.3 Å². The number of aryl methyl sites for hydroxylation is 2. The Hall–Kier alpha value is -1.65. The Morgan fingerprint density at radius 1 is 1.14 bits per heavy atom. The van der Waals surface area contributed by atoms with Crippen LogP contribution < -0.4 is 10.1 Å². The average molecular weight is 318 g/mol. The van der Waals surface area contributed by atoms with Gasteiger partial charge in [-0.25, -0.2) is 4.98 Å². The van der Waals surface area contributed by atoms with Gasteiger partial charge in [0.05, 0.1) is 12.8 Å². The number of nitrogens with zero attached hydrogens (tertiary/aromatic N) is 2. The van der Waals surface area contributed by atoms with Crippen molar-refractivity contribution in [1.29, 1.82) is 0 Å². The van der Waals surface area contributed by atoms with Gasteiger partial charge in [0.15, 0.2) is 0 Å². The number of ether oxygens (including phenoxy) is 1. The molecule has 1 aromatic carbocycles. The van der Waals surface area contributed by atoms with Gasteiger partial charge in [0.2, 0.25) is 5.88 Å². The number of hydrogen-bond donors (Lipinski definition) is 1. The van der Waals surface area contributed by atoms with Crippen LogP contribution in [0.2, 0.25) is 5.02 Å². The first-order valence-corrected chi connectivity index (χ1v) is 8.02. The van der Waals surface area contributed by atoms with Gasteiger partial charge in [0, 0.05) is 30.0 Å². The normalized spacial score (nSPS) is 14.3. The van der Waals surface area contributed by atoms with Crippen molar-refractivity contribution in [3.63, 3.8) is 0 Å². The van der Waals surface area contributed by atoms with E-state index >= 15 is 0 Å². The molecule has 5 heteroatoms. The molecule has 1 aliphatic rings. The zero-order valence-corrected chi connectivity index (χ0v) is 13.5. The maximum atomic E-state index is 6.21. The molecule has 0 spiro atoms. The molecule has 1 aliphatic heterocycles. The summed E-state index contributed by atoms with van der Waals surface area (Å²) in [5.41, 5.74) is 3.39. The van der Waals surface area contributed by atoms with Crippen LogP contribution in [-0.2, 0) is 25.7 Å². The standard InChI is InChI=1S/C17H20ClN3O/c1-22-17-13-8-10-19-11-9-15(13)20-16(21-17)7-6-12-4-2-3-5-14(12)18/h2-5,19H,6-11H2,1H3. The highest BCUT2D eigenvalue weighted by Crippen LogP contribution is 2.22. The number of benzene rings is 1. The largest absolute Gasteiger partial charge is 0.481 e. The lowest BCUT2D eigenvalue weighted by Crippen LogP contribution is -2.16. The van der Waals surface area contributed by atoms with Gasteiger partial charge in [-0.05, 0) is 31.0 Å². The molecule has 22 heavy (non-hydrogen) atoms. The first-order valence-electron chi connectivity index (χ1n) is 7.64. The van der Waals surface area contributed by atoms with E-state index in [2.05, 4.69) is 10.3 Å². The molecule has 0 fully saturated rings. The summed E-state index contributed by atoms with van der Waals surface area (Å²) in [5, 5.41) is 4.19. The molecular weight excluding hydrogens is 298 g/mol. The zero-order valence-electron chi connectivity index (χ0n) is 12.7. The lowest BCUT2D eigenvalue weighted by Gasteiger charge is -2.12. The van der Waals surface area contributed by atoms with Crippen LogP contribution in [0.15, 0.2) is 24.3 Å². The van der Waals surface area contributed by atoms with Crippen LogP contribution in [0.1, 0.15) is 22.6 Å². The number of aromatic nitrogens is 2. The molecule has 0 saturated carbocycles. The highest BCUT2D eigenvalue weighted by atomic mass is 35.5. The van der Waals surface area contributed by atoms with Crippen molar-refractivity contribution >= 4 is 11.6 Å². The second-order valence-corrected chi connectivity index (χ2v) is 5.82. The highest BCUT2D eigenvalue weighted by Gasteiger charge is 2.17. The van der Waals surface area contributed by atoms with Gasteiger partial charge in [-0.2, -0.15) is 4.98 Å². The van der Waals surface area contributed by atoms with Crippen molar-refractivity contribution < 1.29 is 4.74 Å². The molecule has 0 amide bonds. The van der Waals surface area contributed by atoms with Gasteiger partial charge in [0.1, 0.15) is 5.82 Å². The van der Waals surface area contributed by atoms with E-state index in [1.54, 1.807) is 7.11 Å². The topological polar surface area (TPSA) is 47.0 Å². The van der Waals surface area contributed by atoms with Crippen LogP contribution >= 0.6 is 11.6 Å². The summed E-state index contributed by atoms with van der Waals surface area (Å²) in [6, 6.07) is 7.92. The maximum Gasteiger partial charge on any atom is 0.219 e. The molecule has 0 bridgehead atoms. The SMILES string of the molecule is COc1nc(CCc2ccccc2Cl)nc2c1CCNCC2. The summed E-state index contributed by atoms with van der Waals surface area (Å²) in [7, 11) is 1.68. The van der Waals surface area contributed by atoms with E-state index in [-0.39, 0.29) is 0 Å². The van der Waals surface area contributed by atoms with Crippen LogP contribution in [0, 0.1) is 0 Å². The number of methoxy groups -OCH3 is 1. The smallest absolute Gasteiger partial charge is 0.219 e. The number of hydrogen-bond acceptors (Lipinski definition) is 4. The lowest BCUT2D eigenvalue weighted by atomic mass is 10.1. The summed E-state index contributed by atoms with van der Waals surface area (Å²) >= 11 is 6.21. The van der Waals surface area contributed by atoms with Gasteiger partial charge in [0.25, 0.3) is 0 Å². The molecule has 0 unspecified atom stereocenters. The van der Waals surface area contributed by atoms with Gasteiger partial charge >= 0.3 is 0 Å². The predicted molar refractivity (Wildman–Crippen MR) is 87.7 cm³/mol. The van der Waals surface area contributed by atoms with Crippen molar-refractivity contribution in [3.05, 3.63) is 51.9 Å². The Balaban J connectivity index is 1.82. The molecule has 1 aromatic heterocycles. The first-order chi connectivity index (χ1) is 10.8. The highest BCUT2D eigenvalue weighted by molar-refractivity contribution is 6.31. The Morgan fingerprint density at radius 2 is 1.95 bits per heavy atom. The van der Waals surface area contributed by atoms with Crippen LogP contribution in [0.4, 0.5) is 0 Å². The Labute approximate surface area is 135 Å². The van der Waals surface area contributed by atoms with Gasteiger partial charge in [-0.1, -0.05) is 29.8 Å². The first kappa shape index (κ1) is 15.3. The third-order valence-electron chi connectivity index (χ3n) is 3.96. The minimum Gasteiger partial charge on any atom is -0.481 e. The van der Waals surface area contributed by atoms with E-state index in [0.717, 1.165) is 72.3 Å². The van der Waals surface area contributed by atoms with Crippen LogP contribution in [-0.4, -0.2) is 30.2 Å². The fourth-order valence-corrected chi connectivity index (χ4v) is 3.02. The third-order valence-corrected chi connectivity index (χ3v) is 4.33. The number of fused-ring (bicyclic) bond motifs is 1. The van der Waals surface area contributed by atoms with Crippen LogP contribution in [0.5, 0.6) is 5.88 Å². The molecule has 3 rings (SSSR count). The van der Waals surface area contributed by atoms with E-state index in [4.69, 9.17) is 21.3 Å². The van der Waals surface area contributed by atoms with Crippen molar-refractivity contribution in [3.8, 4) is 5.88 Å². The lowest BCUT2D eigenvalue weighted by molar-refractivity contribution is 0.388. The molecule has 0 saturated heterocycles. The monoisotopic (exact) mass is 317 g/mol. The quantitative estimate of drug-likeness (QED) is 0.941. The number of rotatable bonds is 4. The minimum absolute atomic E-state index is 0.725. The number of nitrogens with one attached hydrogen (secondary N) is 1. The fraction of sp³-hybridized carbons (Fsp3) is 0.412. The molecule has 0 aliphatic carbocycles. The second-order valence-electron chi connectivity index (χ2n) is 5.42. The summed E-state index contributed by atoms with van der Waals surface area (Å²) in [4.78, 5) is 9.34. The zero-order chi connectivity index (χ0) is 15.4. The second kappa shape index (κ2) is 7.07. The summed E-state index contributed by atoms with van der Waals surface area (Å²) in [6.07, 6.45) is 3.44. The molecule has 0 atom stereocenters. The third kappa shape index (κ3) is 3.39. The molecule has 2 aromatic rings. The summed E-state index contributed by atoms with van der Waals surface area (Å²) in [6.45, 7) is 1.91. The Morgan fingerprint density at radius 3 is 2.77 bits per heavy atom. The van der Waals surface area contributed by atoms with E-state index in [9.17, 15) is 0 Å². The van der Waals surface area contributed by atoms with Crippen molar-refractivity contribution in [2.45, 2.75) is 25.7 Å². The molecular formula is C17H20ClN3O. The fourth-order valence-electron chi connectivity index (χ4n) is 2.79. The van der Waals surface area contributed by atoms with Crippen LogP contribution in [0.3, 0.4) is 0 Å². The van der Waals surface area contributed by atoms with Gasteiger partial charge in [-0.15, -0.1) is 0 Å². The van der Waals surface area contributed by atoms with E-state index in [1.165, 1.54) is 0 Å². The Kier molecular flexibility index (Phi) is 4.90. The predicted octanol–water partition coefficient (Wildman–Crippen LogP) is 2.61. The van der Waals surface area contributed by atoms with Crippen molar-refractivity contribution in [2.75, 3.05) is 20.2 Å². The van der Waals surface area contributed by atoms with Crippen molar-refractivity contribution in [2.24, 2.45) is 0 Å². The minimum atomic E-state index is 0.725. The van der Waals surface area contributed by atoms with Gasteiger partial charge < -0.3 is 10.1 Å². The summed E-state index contributed by atoms with van der Waals surface area (Å²) < 4.78 is 5.48. The Bertz CT molecular complexity index is 660. The number of halogens is 1. The molecule has 0 radical (unpaired) electrons. The average Bonchev–Trinajstić information content (AvgIpc) is 2.78. The maximum absolute atomic E-state index is 6.21. The van der Waals surface area contributed by atoms with Crippen LogP contribution in [0.25, 0.3) is 0 Å². The molecule has 116 valence electrons. The molecule has 4 nitrogen and oxygen atoms in total.